The Morgan fingerprint density at radius 1 is 1.47 bits per heavy atom. The highest BCUT2D eigenvalue weighted by Crippen LogP contribution is 2.32. The zero-order chi connectivity index (χ0) is 13.2. The molecule has 1 aliphatic heterocycles. The Morgan fingerprint density at radius 2 is 2.32 bits per heavy atom. The molecule has 4 nitrogen and oxygen atoms in total. The van der Waals surface area contributed by atoms with E-state index in [4.69, 9.17) is 9.84 Å². The smallest absolute Gasteiger partial charge is 0.320 e. The van der Waals surface area contributed by atoms with E-state index in [2.05, 4.69) is 17.4 Å². The summed E-state index contributed by atoms with van der Waals surface area (Å²) < 4.78 is 5.47. The van der Waals surface area contributed by atoms with Crippen molar-refractivity contribution in [2.24, 2.45) is 5.92 Å². The van der Waals surface area contributed by atoms with Crippen LogP contribution in [0.3, 0.4) is 0 Å². The SMILES string of the molecule is O=C(O)C(NCCc1ccc2c(c1)CCO2)C1CC1. The average Bonchev–Trinajstić information content (AvgIpc) is 3.11. The second-order valence-corrected chi connectivity index (χ2v) is 5.40. The van der Waals surface area contributed by atoms with Gasteiger partial charge in [0.1, 0.15) is 11.8 Å². The fourth-order valence-electron chi connectivity index (χ4n) is 2.65. The lowest BCUT2D eigenvalue weighted by Crippen LogP contribution is -2.39. The summed E-state index contributed by atoms with van der Waals surface area (Å²) in [4.78, 5) is 11.1. The van der Waals surface area contributed by atoms with Gasteiger partial charge in [-0.15, -0.1) is 0 Å². The first-order valence-electron chi connectivity index (χ1n) is 6.95. The van der Waals surface area contributed by atoms with Crippen molar-refractivity contribution < 1.29 is 14.6 Å². The fourth-order valence-corrected chi connectivity index (χ4v) is 2.65. The zero-order valence-electron chi connectivity index (χ0n) is 10.9. The van der Waals surface area contributed by atoms with Gasteiger partial charge in [-0.3, -0.25) is 4.79 Å². The van der Waals surface area contributed by atoms with Crippen molar-refractivity contribution in [1.29, 1.82) is 0 Å². The van der Waals surface area contributed by atoms with E-state index in [0.717, 1.165) is 38.0 Å². The van der Waals surface area contributed by atoms with Gasteiger partial charge in [0, 0.05) is 6.42 Å². The number of hydrogen-bond acceptors (Lipinski definition) is 3. The highest BCUT2D eigenvalue weighted by atomic mass is 16.5. The molecule has 0 aromatic heterocycles. The van der Waals surface area contributed by atoms with Crippen LogP contribution >= 0.6 is 0 Å². The molecule has 2 N–H and O–H groups in total. The van der Waals surface area contributed by atoms with Crippen molar-refractivity contribution in [3.8, 4) is 5.75 Å². The molecule has 0 bridgehead atoms. The molecule has 1 aliphatic carbocycles. The number of hydrogen-bond donors (Lipinski definition) is 2. The lowest BCUT2D eigenvalue weighted by atomic mass is 10.1. The molecular formula is C15H19NO3. The van der Waals surface area contributed by atoms with Gasteiger partial charge >= 0.3 is 5.97 Å². The van der Waals surface area contributed by atoms with E-state index in [1.165, 1.54) is 11.1 Å². The summed E-state index contributed by atoms with van der Waals surface area (Å²) in [6.45, 7) is 1.49. The van der Waals surface area contributed by atoms with Crippen molar-refractivity contribution >= 4 is 5.97 Å². The maximum Gasteiger partial charge on any atom is 0.320 e. The number of carboxylic acids is 1. The molecule has 0 spiro atoms. The standard InChI is InChI=1S/C15H19NO3/c17-15(18)14(11-2-3-11)16-7-5-10-1-4-13-12(9-10)6-8-19-13/h1,4,9,11,14,16H,2-3,5-8H2,(H,17,18). The molecule has 1 fully saturated rings. The molecule has 0 amide bonds. The molecule has 3 rings (SSSR count). The predicted molar refractivity (Wildman–Crippen MR) is 71.5 cm³/mol. The molecule has 1 saturated carbocycles. The number of carboxylic acid groups (broad SMARTS) is 1. The minimum Gasteiger partial charge on any atom is -0.493 e. The third-order valence-corrected chi connectivity index (χ3v) is 3.89. The molecule has 1 heterocycles. The molecule has 1 aromatic carbocycles. The van der Waals surface area contributed by atoms with Crippen LogP contribution in [-0.2, 0) is 17.6 Å². The van der Waals surface area contributed by atoms with Gasteiger partial charge in [-0.2, -0.15) is 0 Å². The molecule has 0 saturated heterocycles. The Balaban J connectivity index is 1.53. The number of ether oxygens (including phenoxy) is 1. The molecular weight excluding hydrogens is 242 g/mol. The van der Waals surface area contributed by atoms with Crippen LogP contribution in [0.15, 0.2) is 18.2 Å². The number of benzene rings is 1. The van der Waals surface area contributed by atoms with E-state index in [1.54, 1.807) is 0 Å². The molecule has 1 atom stereocenters. The maximum absolute atomic E-state index is 11.1. The minimum absolute atomic E-state index is 0.339. The topological polar surface area (TPSA) is 58.6 Å². The highest BCUT2D eigenvalue weighted by molar-refractivity contribution is 5.74. The fraction of sp³-hybridized carbons (Fsp3) is 0.533. The van der Waals surface area contributed by atoms with Crippen LogP contribution in [0.5, 0.6) is 5.75 Å². The summed E-state index contributed by atoms with van der Waals surface area (Å²) in [5.74, 6) is 0.619. The van der Waals surface area contributed by atoms with Crippen molar-refractivity contribution in [2.75, 3.05) is 13.2 Å². The predicted octanol–water partition coefficient (Wildman–Crippen LogP) is 1.62. The monoisotopic (exact) mass is 261 g/mol. The Hall–Kier alpha value is -1.55. The normalized spacial score (nSPS) is 18.7. The highest BCUT2D eigenvalue weighted by Gasteiger charge is 2.35. The van der Waals surface area contributed by atoms with Crippen molar-refractivity contribution in [2.45, 2.75) is 31.7 Å². The number of nitrogens with one attached hydrogen (secondary N) is 1. The van der Waals surface area contributed by atoms with Crippen molar-refractivity contribution in [3.05, 3.63) is 29.3 Å². The number of rotatable bonds is 6. The van der Waals surface area contributed by atoms with Crippen LogP contribution in [0.25, 0.3) is 0 Å². The molecule has 1 aromatic rings. The van der Waals surface area contributed by atoms with E-state index in [1.807, 2.05) is 6.07 Å². The van der Waals surface area contributed by atoms with Crippen molar-refractivity contribution in [1.82, 2.24) is 5.32 Å². The van der Waals surface area contributed by atoms with Gasteiger partial charge in [0.2, 0.25) is 0 Å². The van der Waals surface area contributed by atoms with Crippen LogP contribution in [0.4, 0.5) is 0 Å². The average molecular weight is 261 g/mol. The number of aliphatic carboxylic acids is 1. The van der Waals surface area contributed by atoms with Gasteiger partial charge in [-0.05, 0) is 48.9 Å². The van der Waals surface area contributed by atoms with Gasteiger partial charge in [-0.25, -0.2) is 0 Å². The first-order valence-corrected chi connectivity index (χ1v) is 6.95. The molecule has 2 aliphatic rings. The summed E-state index contributed by atoms with van der Waals surface area (Å²) in [5.41, 5.74) is 2.52. The summed E-state index contributed by atoms with van der Waals surface area (Å²) in [5, 5.41) is 12.3. The number of fused-ring (bicyclic) bond motifs is 1. The number of carbonyl (C=O) groups is 1. The first-order chi connectivity index (χ1) is 9.24. The molecule has 0 radical (unpaired) electrons. The van der Waals surface area contributed by atoms with E-state index >= 15 is 0 Å². The Labute approximate surface area is 112 Å². The Morgan fingerprint density at radius 3 is 3.05 bits per heavy atom. The summed E-state index contributed by atoms with van der Waals surface area (Å²) in [7, 11) is 0. The molecule has 19 heavy (non-hydrogen) atoms. The minimum atomic E-state index is -0.718. The Kier molecular flexibility index (Phi) is 3.42. The van der Waals surface area contributed by atoms with Crippen LogP contribution in [0, 0.1) is 5.92 Å². The zero-order valence-corrected chi connectivity index (χ0v) is 10.9. The van der Waals surface area contributed by atoms with Crippen molar-refractivity contribution in [3.63, 3.8) is 0 Å². The second kappa shape index (κ2) is 5.21. The second-order valence-electron chi connectivity index (χ2n) is 5.40. The summed E-state index contributed by atoms with van der Waals surface area (Å²) >= 11 is 0. The maximum atomic E-state index is 11.1. The third-order valence-electron chi connectivity index (χ3n) is 3.89. The van der Waals surface area contributed by atoms with E-state index in [9.17, 15) is 4.79 Å². The quantitative estimate of drug-likeness (QED) is 0.817. The van der Waals surface area contributed by atoms with Gasteiger partial charge in [0.15, 0.2) is 0 Å². The lowest BCUT2D eigenvalue weighted by Gasteiger charge is -2.13. The summed E-state index contributed by atoms with van der Waals surface area (Å²) in [6.07, 6.45) is 3.93. The van der Waals surface area contributed by atoms with E-state index < -0.39 is 5.97 Å². The summed E-state index contributed by atoms with van der Waals surface area (Å²) in [6, 6.07) is 5.90. The first kappa shape index (κ1) is 12.5. The van der Waals surface area contributed by atoms with Gasteiger partial charge in [0.05, 0.1) is 6.61 Å². The van der Waals surface area contributed by atoms with E-state index in [-0.39, 0.29) is 6.04 Å². The molecule has 1 unspecified atom stereocenters. The molecule has 4 heteroatoms. The van der Waals surface area contributed by atoms with Crippen LogP contribution in [0.2, 0.25) is 0 Å². The van der Waals surface area contributed by atoms with Crippen LogP contribution < -0.4 is 10.1 Å². The Bertz CT molecular complexity index is 482. The third kappa shape index (κ3) is 2.89. The molecule has 102 valence electrons. The van der Waals surface area contributed by atoms with Gasteiger partial charge < -0.3 is 15.2 Å². The van der Waals surface area contributed by atoms with Crippen LogP contribution in [0.1, 0.15) is 24.0 Å². The largest absolute Gasteiger partial charge is 0.493 e. The van der Waals surface area contributed by atoms with Gasteiger partial charge in [0.25, 0.3) is 0 Å². The van der Waals surface area contributed by atoms with Crippen LogP contribution in [-0.4, -0.2) is 30.3 Å². The van der Waals surface area contributed by atoms with E-state index in [0.29, 0.717) is 12.5 Å². The lowest BCUT2D eigenvalue weighted by molar-refractivity contribution is -0.140. The van der Waals surface area contributed by atoms with Gasteiger partial charge in [-0.1, -0.05) is 12.1 Å².